The first-order chi connectivity index (χ1) is 19.9. The lowest BCUT2D eigenvalue weighted by Gasteiger charge is -2.37. The maximum Gasteiger partial charge on any atom is 0.338 e. The number of hydrogen-bond donors (Lipinski definition) is 0. The van der Waals surface area contributed by atoms with Crippen LogP contribution >= 0.6 is 23.4 Å². The predicted octanol–water partition coefficient (Wildman–Crippen LogP) is 5.85. The Hall–Kier alpha value is -3.56. The fourth-order valence-electron chi connectivity index (χ4n) is 5.35. The summed E-state index contributed by atoms with van der Waals surface area (Å²) in [6, 6.07) is 16.2. The smallest absolute Gasteiger partial charge is 0.338 e. The van der Waals surface area contributed by atoms with E-state index < -0.39 is 12.0 Å². The van der Waals surface area contributed by atoms with Gasteiger partial charge in [-0.15, -0.1) is 0 Å². The number of carbonyl (C=O) groups excluding carboxylic acids is 3. The quantitative estimate of drug-likeness (QED) is 0.355. The minimum absolute atomic E-state index is 0.0912. The first kappa shape index (κ1) is 29.0. The molecule has 41 heavy (non-hydrogen) atoms. The lowest BCUT2D eigenvalue weighted by molar-refractivity contribution is -0.151. The topological polar surface area (TPSA) is 88.5 Å². The SMILES string of the molecule is CCOC(=O)[C@@H]1CCCN(C(=O)CC2=CSC3=NC(C)=C(C(=O)OCc4ccccc4)[C@@H](c4ccccc4Cl)N23)C1. The zero-order valence-corrected chi connectivity index (χ0v) is 24.6. The van der Waals surface area contributed by atoms with Crippen LogP contribution in [-0.4, -0.2) is 52.5 Å². The number of rotatable bonds is 8. The van der Waals surface area contributed by atoms with Gasteiger partial charge in [-0.05, 0) is 49.3 Å². The molecule has 214 valence electrons. The van der Waals surface area contributed by atoms with Crippen molar-refractivity contribution >= 4 is 46.4 Å². The van der Waals surface area contributed by atoms with Gasteiger partial charge in [0.15, 0.2) is 5.17 Å². The average Bonchev–Trinajstić information content (AvgIpc) is 3.38. The van der Waals surface area contributed by atoms with E-state index in [0.29, 0.717) is 58.8 Å². The van der Waals surface area contributed by atoms with E-state index in [2.05, 4.69) is 0 Å². The number of fused-ring (bicyclic) bond motifs is 1. The highest BCUT2D eigenvalue weighted by atomic mass is 35.5. The second-order valence-corrected chi connectivity index (χ2v) is 11.3. The van der Waals surface area contributed by atoms with Crippen LogP contribution in [0.1, 0.15) is 50.3 Å². The van der Waals surface area contributed by atoms with Gasteiger partial charge in [-0.3, -0.25) is 9.59 Å². The van der Waals surface area contributed by atoms with Crippen LogP contribution < -0.4 is 0 Å². The maximum absolute atomic E-state index is 13.6. The molecule has 1 saturated heterocycles. The third-order valence-electron chi connectivity index (χ3n) is 7.36. The van der Waals surface area contributed by atoms with E-state index in [9.17, 15) is 14.4 Å². The third-order valence-corrected chi connectivity index (χ3v) is 8.59. The highest BCUT2D eigenvalue weighted by molar-refractivity contribution is 8.16. The molecule has 8 nitrogen and oxygen atoms in total. The lowest BCUT2D eigenvalue weighted by atomic mass is 9.93. The van der Waals surface area contributed by atoms with E-state index in [1.54, 1.807) is 24.8 Å². The Morgan fingerprint density at radius 1 is 1.07 bits per heavy atom. The molecular formula is C31H32ClN3O5S. The van der Waals surface area contributed by atoms with Gasteiger partial charge in [0.25, 0.3) is 0 Å². The summed E-state index contributed by atoms with van der Waals surface area (Å²) >= 11 is 8.11. The molecule has 0 unspecified atom stereocenters. The minimum atomic E-state index is -0.623. The predicted molar refractivity (Wildman–Crippen MR) is 159 cm³/mol. The Kier molecular flexibility index (Phi) is 9.15. The summed E-state index contributed by atoms with van der Waals surface area (Å²) in [4.78, 5) is 47.9. The van der Waals surface area contributed by atoms with Crippen LogP contribution in [0.15, 0.2) is 82.0 Å². The summed E-state index contributed by atoms with van der Waals surface area (Å²) in [5.41, 5.74) is 3.22. The third kappa shape index (κ3) is 6.36. The van der Waals surface area contributed by atoms with Crippen LogP contribution in [0.5, 0.6) is 0 Å². The summed E-state index contributed by atoms with van der Waals surface area (Å²) in [5.74, 6) is -1.16. The zero-order chi connectivity index (χ0) is 28.9. The number of halogens is 1. The first-order valence-electron chi connectivity index (χ1n) is 13.7. The summed E-state index contributed by atoms with van der Waals surface area (Å²) < 4.78 is 11.0. The van der Waals surface area contributed by atoms with Crippen molar-refractivity contribution < 1.29 is 23.9 Å². The van der Waals surface area contributed by atoms with Gasteiger partial charge in [0, 0.05) is 23.8 Å². The van der Waals surface area contributed by atoms with Crippen molar-refractivity contribution in [2.75, 3.05) is 19.7 Å². The molecule has 10 heteroatoms. The van der Waals surface area contributed by atoms with E-state index in [-0.39, 0.29) is 30.8 Å². The van der Waals surface area contributed by atoms with E-state index in [0.717, 1.165) is 12.0 Å². The number of esters is 2. The average molecular weight is 594 g/mol. The number of carbonyl (C=O) groups is 3. The molecule has 0 saturated carbocycles. The van der Waals surface area contributed by atoms with Gasteiger partial charge in [-0.25, -0.2) is 9.79 Å². The van der Waals surface area contributed by atoms with Crippen LogP contribution in [0.3, 0.4) is 0 Å². The van der Waals surface area contributed by atoms with Gasteiger partial charge in [0.1, 0.15) is 6.61 Å². The van der Waals surface area contributed by atoms with Crippen LogP contribution in [0.2, 0.25) is 5.02 Å². The Morgan fingerprint density at radius 3 is 2.59 bits per heavy atom. The number of likely N-dealkylation sites (tertiary alicyclic amines) is 1. The second-order valence-electron chi connectivity index (χ2n) is 10.1. The number of nitrogens with zero attached hydrogens (tertiary/aromatic N) is 3. The number of piperidine rings is 1. The largest absolute Gasteiger partial charge is 0.466 e. The Morgan fingerprint density at radius 2 is 1.83 bits per heavy atom. The van der Waals surface area contributed by atoms with E-state index >= 15 is 0 Å². The Balaban J connectivity index is 1.40. The molecule has 0 bridgehead atoms. The molecule has 0 N–H and O–H groups in total. The van der Waals surface area contributed by atoms with Crippen molar-refractivity contribution in [3.8, 4) is 0 Å². The van der Waals surface area contributed by atoms with E-state index in [1.807, 2.05) is 58.8 Å². The minimum Gasteiger partial charge on any atom is -0.466 e. The number of amidine groups is 1. The number of aliphatic imine (C=N–C) groups is 1. The van der Waals surface area contributed by atoms with Crippen LogP contribution in [-0.2, 0) is 30.5 Å². The molecule has 2 aromatic rings. The molecule has 1 amide bonds. The van der Waals surface area contributed by atoms with Crippen molar-refractivity contribution in [3.63, 3.8) is 0 Å². The monoisotopic (exact) mass is 593 g/mol. The molecule has 2 atom stereocenters. The van der Waals surface area contributed by atoms with E-state index in [4.69, 9.17) is 26.1 Å². The fourth-order valence-corrected chi connectivity index (χ4v) is 6.55. The summed E-state index contributed by atoms with van der Waals surface area (Å²) in [6.45, 7) is 4.93. The molecule has 0 aliphatic carbocycles. The molecule has 0 spiro atoms. The number of amides is 1. The van der Waals surface area contributed by atoms with Gasteiger partial charge in [-0.1, -0.05) is 71.9 Å². The number of benzene rings is 2. The van der Waals surface area contributed by atoms with Crippen LogP contribution in [0.25, 0.3) is 0 Å². The molecule has 1 fully saturated rings. The van der Waals surface area contributed by atoms with Gasteiger partial charge < -0.3 is 19.3 Å². The number of allylic oxidation sites excluding steroid dienone is 1. The van der Waals surface area contributed by atoms with Crippen LogP contribution in [0, 0.1) is 5.92 Å². The summed E-state index contributed by atoms with van der Waals surface area (Å²) in [6.07, 6.45) is 1.53. The molecule has 2 aromatic carbocycles. The van der Waals surface area contributed by atoms with Gasteiger partial charge in [-0.2, -0.15) is 0 Å². The fraction of sp³-hybridized carbons (Fsp3) is 0.355. The van der Waals surface area contributed by atoms with Crippen molar-refractivity contribution in [1.82, 2.24) is 9.80 Å². The Labute approximate surface area is 249 Å². The molecule has 3 heterocycles. The highest BCUT2D eigenvalue weighted by Crippen LogP contribution is 2.46. The number of thioether (sulfide) groups is 1. The maximum atomic E-state index is 13.6. The molecule has 3 aliphatic heterocycles. The molecule has 3 aliphatic rings. The summed E-state index contributed by atoms with van der Waals surface area (Å²) in [5, 5.41) is 3.06. The van der Waals surface area contributed by atoms with Gasteiger partial charge >= 0.3 is 11.9 Å². The zero-order valence-electron chi connectivity index (χ0n) is 23.0. The van der Waals surface area contributed by atoms with E-state index in [1.165, 1.54) is 11.8 Å². The van der Waals surface area contributed by atoms with Gasteiger partial charge in [0.05, 0.1) is 36.3 Å². The van der Waals surface area contributed by atoms with Crippen molar-refractivity contribution in [1.29, 1.82) is 0 Å². The number of hydrogen-bond acceptors (Lipinski definition) is 8. The van der Waals surface area contributed by atoms with Gasteiger partial charge in [0.2, 0.25) is 5.91 Å². The molecular weight excluding hydrogens is 562 g/mol. The molecule has 5 rings (SSSR count). The second kappa shape index (κ2) is 13.0. The van der Waals surface area contributed by atoms with Crippen molar-refractivity contribution in [3.05, 3.63) is 93.1 Å². The van der Waals surface area contributed by atoms with Crippen molar-refractivity contribution in [2.24, 2.45) is 10.9 Å². The number of ether oxygens (including phenoxy) is 2. The highest BCUT2D eigenvalue weighted by Gasteiger charge is 2.42. The first-order valence-corrected chi connectivity index (χ1v) is 15.0. The Bertz CT molecular complexity index is 1420. The standard InChI is InChI=1S/C31H32ClN3O5S/c1-3-39-29(37)22-12-9-15-34(17-22)26(36)16-23-19-41-31-33-20(2)27(30(38)40-18-21-10-5-4-6-11-21)28(35(23)31)24-13-7-8-14-25(24)32/h4-8,10-11,13-14,19,22,28H,3,9,12,15-18H2,1-2H3/t22-,28-/m1/s1. The summed E-state index contributed by atoms with van der Waals surface area (Å²) in [7, 11) is 0. The van der Waals surface area contributed by atoms with Crippen molar-refractivity contribution in [2.45, 2.75) is 45.8 Å². The molecule has 0 aromatic heterocycles. The molecule has 0 radical (unpaired) electrons. The normalized spacial score (nSPS) is 20.3. The lowest BCUT2D eigenvalue weighted by Crippen LogP contribution is -2.44. The van der Waals surface area contributed by atoms with Crippen LogP contribution in [0.4, 0.5) is 0 Å².